The minimum Gasteiger partial charge on any atom is -0.497 e. The van der Waals surface area contributed by atoms with E-state index in [2.05, 4.69) is 10.2 Å². The molecular weight excluding hydrogens is 226 g/mol. The van der Waals surface area contributed by atoms with E-state index in [1.165, 1.54) is 12.8 Å². The molecule has 2 aromatic rings. The Morgan fingerprint density at radius 2 is 2.28 bits per heavy atom. The second-order valence-electron chi connectivity index (χ2n) is 4.84. The SMILES string of the molecule is COc1cccc(-c2c(N)n[nH]c2CC2CC2)c1. The summed E-state index contributed by atoms with van der Waals surface area (Å²) in [5.41, 5.74) is 9.21. The van der Waals surface area contributed by atoms with Gasteiger partial charge >= 0.3 is 0 Å². The van der Waals surface area contributed by atoms with Crippen LogP contribution in [0.5, 0.6) is 5.75 Å². The number of nitrogens with one attached hydrogen (secondary N) is 1. The molecule has 94 valence electrons. The van der Waals surface area contributed by atoms with Crippen LogP contribution in [0.2, 0.25) is 0 Å². The summed E-state index contributed by atoms with van der Waals surface area (Å²) in [6.07, 6.45) is 3.67. The second kappa shape index (κ2) is 4.37. The summed E-state index contributed by atoms with van der Waals surface area (Å²) < 4.78 is 5.25. The lowest BCUT2D eigenvalue weighted by Gasteiger charge is -2.06. The van der Waals surface area contributed by atoms with Gasteiger partial charge in [-0.3, -0.25) is 5.10 Å². The number of nitrogen functional groups attached to an aromatic ring is 1. The van der Waals surface area contributed by atoms with Crippen LogP contribution in [0.4, 0.5) is 5.82 Å². The number of aromatic amines is 1. The van der Waals surface area contributed by atoms with Crippen molar-refractivity contribution in [3.63, 3.8) is 0 Å². The number of anilines is 1. The lowest BCUT2D eigenvalue weighted by Crippen LogP contribution is -1.93. The molecule has 0 radical (unpaired) electrons. The molecule has 1 aromatic carbocycles. The zero-order valence-corrected chi connectivity index (χ0v) is 10.4. The van der Waals surface area contributed by atoms with Gasteiger partial charge in [-0.25, -0.2) is 0 Å². The van der Waals surface area contributed by atoms with Crippen molar-refractivity contribution < 1.29 is 4.74 Å². The van der Waals surface area contributed by atoms with Crippen molar-refractivity contribution >= 4 is 5.82 Å². The van der Waals surface area contributed by atoms with Crippen LogP contribution in [0.25, 0.3) is 11.1 Å². The van der Waals surface area contributed by atoms with E-state index in [1.54, 1.807) is 7.11 Å². The monoisotopic (exact) mass is 243 g/mol. The van der Waals surface area contributed by atoms with Gasteiger partial charge in [0.2, 0.25) is 0 Å². The molecule has 1 aliphatic rings. The maximum atomic E-state index is 5.98. The molecular formula is C14H17N3O. The van der Waals surface area contributed by atoms with Crippen molar-refractivity contribution in [1.29, 1.82) is 0 Å². The fourth-order valence-corrected chi connectivity index (χ4v) is 2.25. The predicted molar refractivity (Wildman–Crippen MR) is 71.4 cm³/mol. The first-order chi connectivity index (χ1) is 8.78. The quantitative estimate of drug-likeness (QED) is 0.867. The molecule has 0 spiro atoms. The van der Waals surface area contributed by atoms with Gasteiger partial charge < -0.3 is 10.5 Å². The highest BCUT2D eigenvalue weighted by Gasteiger charge is 2.25. The highest BCUT2D eigenvalue weighted by atomic mass is 16.5. The fourth-order valence-electron chi connectivity index (χ4n) is 2.25. The molecule has 0 amide bonds. The molecule has 3 rings (SSSR count). The van der Waals surface area contributed by atoms with Crippen LogP contribution >= 0.6 is 0 Å². The predicted octanol–water partition coefficient (Wildman–Crippen LogP) is 2.62. The van der Waals surface area contributed by atoms with Gasteiger partial charge in [0.1, 0.15) is 5.75 Å². The molecule has 1 fully saturated rings. The fraction of sp³-hybridized carbons (Fsp3) is 0.357. The molecule has 0 atom stereocenters. The first kappa shape index (κ1) is 11.1. The Morgan fingerprint density at radius 3 is 3.00 bits per heavy atom. The first-order valence-corrected chi connectivity index (χ1v) is 6.25. The number of methoxy groups -OCH3 is 1. The number of aromatic nitrogens is 2. The van der Waals surface area contributed by atoms with Crippen molar-refractivity contribution in [2.45, 2.75) is 19.3 Å². The largest absolute Gasteiger partial charge is 0.497 e. The van der Waals surface area contributed by atoms with Gasteiger partial charge in [0, 0.05) is 11.3 Å². The molecule has 0 aliphatic heterocycles. The lowest BCUT2D eigenvalue weighted by atomic mass is 10.0. The number of nitrogens with two attached hydrogens (primary N) is 1. The molecule has 1 saturated carbocycles. The summed E-state index contributed by atoms with van der Waals surface area (Å²) in [6, 6.07) is 7.94. The number of hydrogen-bond donors (Lipinski definition) is 2. The third-order valence-corrected chi connectivity index (χ3v) is 3.42. The number of hydrogen-bond acceptors (Lipinski definition) is 3. The van der Waals surface area contributed by atoms with Crippen molar-refractivity contribution in [1.82, 2.24) is 10.2 Å². The first-order valence-electron chi connectivity index (χ1n) is 6.25. The summed E-state index contributed by atoms with van der Waals surface area (Å²) in [5, 5.41) is 7.21. The molecule has 1 aromatic heterocycles. The third-order valence-electron chi connectivity index (χ3n) is 3.42. The summed E-state index contributed by atoms with van der Waals surface area (Å²) in [6.45, 7) is 0. The van der Waals surface area contributed by atoms with E-state index < -0.39 is 0 Å². The molecule has 0 bridgehead atoms. The summed E-state index contributed by atoms with van der Waals surface area (Å²) >= 11 is 0. The second-order valence-corrected chi connectivity index (χ2v) is 4.84. The van der Waals surface area contributed by atoms with Crippen LogP contribution in [0.15, 0.2) is 24.3 Å². The zero-order chi connectivity index (χ0) is 12.5. The van der Waals surface area contributed by atoms with E-state index in [0.29, 0.717) is 5.82 Å². The van der Waals surface area contributed by atoms with Crippen molar-refractivity contribution in [3.8, 4) is 16.9 Å². The molecule has 1 aliphatic carbocycles. The molecule has 4 nitrogen and oxygen atoms in total. The minimum absolute atomic E-state index is 0.568. The van der Waals surface area contributed by atoms with Crippen LogP contribution in [-0.2, 0) is 6.42 Å². The number of H-pyrrole nitrogens is 1. The van der Waals surface area contributed by atoms with Crippen LogP contribution in [0.1, 0.15) is 18.5 Å². The Hall–Kier alpha value is -1.97. The highest BCUT2D eigenvalue weighted by molar-refractivity contribution is 5.77. The molecule has 3 N–H and O–H groups in total. The standard InChI is InChI=1S/C14H17N3O/c1-18-11-4-2-3-10(8-11)13-12(7-9-5-6-9)16-17-14(13)15/h2-4,8-9H,5-7H2,1H3,(H3,15,16,17). The Labute approximate surface area is 106 Å². The molecule has 1 heterocycles. The van der Waals surface area contributed by atoms with Crippen LogP contribution < -0.4 is 10.5 Å². The smallest absolute Gasteiger partial charge is 0.153 e. The number of benzene rings is 1. The summed E-state index contributed by atoms with van der Waals surface area (Å²) in [7, 11) is 1.67. The maximum absolute atomic E-state index is 5.98. The van der Waals surface area contributed by atoms with Gasteiger partial charge in [0.15, 0.2) is 5.82 Å². The zero-order valence-electron chi connectivity index (χ0n) is 10.4. The van der Waals surface area contributed by atoms with Gasteiger partial charge in [-0.1, -0.05) is 12.1 Å². The molecule has 4 heteroatoms. The lowest BCUT2D eigenvalue weighted by molar-refractivity contribution is 0.415. The number of nitrogens with zero attached hydrogens (tertiary/aromatic N) is 1. The maximum Gasteiger partial charge on any atom is 0.153 e. The molecule has 18 heavy (non-hydrogen) atoms. The Morgan fingerprint density at radius 1 is 1.44 bits per heavy atom. The van der Waals surface area contributed by atoms with E-state index in [0.717, 1.165) is 34.9 Å². The topological polar surface area (TPSA) is 63.9 Å². The normalized spacial score (nSPS) is 14.7. The van der Waals surface area contributed by atoms with Gasteiger partial charge in [-0.05, 0) is 42.9 Å². The number of rotatable bonds is 4. The van der Waals surface area contributed by atoms with Gasteiger partial charge in [-0.15, -0.1) is 0 Å². The van der Waals surface area contributed by atoms with Crippen molar-refractivity contribution in [3.05, 3.63) is 30.0 Å². The van der Waals surface area contributed by atoms with Gasteiger partial charge in [-0.2, -0.15) is 5.10 Å². The van der Waals surface area contributed by atoms with Crippen LogP contribution in [-0.4, -0.2) is 17.3 Å². The minimum atomic E-state index is 0.568. The Balaban J connectivity index is 2.00. The van der Waals surface area contributed by atoms with E-state index in [9.17, 15) is 0 Å². The van der Waals surface area contributed by atoms with E-state index in [4.69, 9.17) is 10.5 Å². The van der Waals surface area contributed by atoms with Crippen molar-refractivity contribution in [2.75, 3.05) is 12.8 Å². The average molecular weight is 243 g/mol. The Kier molecular flexibility index (Phi) is 2.70. The van der Waals surface area contributed by atoms with E-state index in [-0.39, 0.29) is 0 Å². The summed E-state index contributed by atoms with van der Waals surface area (Å²) in [5.74, 6) is 2.21. The van der Waals surface area contributed by atoms with Crippen LogP contribution in [0.3, 0.4) is 0 Å². The van der Waals surface area contributed by atoms with E-state index >= 15 is 0 Å². The van der Waals surface area contributed by atoms with Gasteiger partial charge in [0.25, 0.3) is 0 Å². The Bertz CT molecular complexity index is 558. The third kappa shape index (κ3) is 2.06. The van der Waals surface area contributed by atoms with Gasteiger partial charge in [0.05, 0.1) is 7.11 Å². The van der Waals surface area contributed by atoms with E-state index in [1.807, 2.05) is 24.3 Å². The highest BCUT2D eigenvalue weighted by Crippen LogP contribution is 2.37. The number of ether oxygens (including phenoxy) is 1. The van der Waals surface area contributed by atoms with Crippen molar-refractivity contribution in [2.24, 2.45) is 5.92 Å². The average Bonchev–Trinajstić information content (AvgIpc) is 3.13. The molecule has 0 unspecified atom stereocenters. The molecule has 0 saturated heterocycles. The summed E-state index contributed by atoms with van der Waals surface area (Å²) in [4.78, 5) is 0. The van der Waals surface area contributed by atoms with Crippen LogP contribution in [0, 0.1) is 5.92 Å².